The predicted octanol–water partition coefficient (Wildman–Crippen LogP) is 12.1. The SMILES string of the molecule is FC1CCC[CH-]C1C1CCC(C(F)(F)F)C[N-]1.FC1CCC[CH-]C1C1CCC(C(F)(F)F)C[N-]1.FC1CCC[CH-]C1C1CCC(C(F)(F)F)C[N-]1.[Ir]. The summed E-state index contributed by atoms with van der Waals surface area (Å²) in [5.41, 5.74) is 0. The zero-order chi connectivity index (χ0) is 37.4. The first-order chi connectivity index (χ1) is 23.9. The van der Waals surface area contributed by atoms with E-state index in [4.69, 9.17) is 0 Å². The molecule has 6 aliphatic rings. The Balaban J connectivity index is 0.000000208. The van der Waals surface area contributed by atoms with Crippen LogP contribution in [-0.4, -0.2) is 74.8 Å². The zero-order valence-corrected chi connectivity index (χ0v) is 31.5. The van der Waals surface area contributed by atoms with Gasteiger partial charge >= 0.3 is 18.5 Å². The Morgan fingerprint density at radius 1 is 0.385 bits per heavy atom. The Labute approximate surface area is 314 Å². The third-order valence-electron chi connectivity index (χ3n) is 11.5. The van der Waals surface area contributed by atoms with Crippen LogP contribution in [0.25, 0.3) is 16.0 Å². The van der Waals surface area contributed by atoms with Gasteiger partial charge < -0.3 is 35.2 Å². The average molecular weight is 946 g/mol. The second kappa shape index (κ2) is 20.7. The van der Waals surface area contributed by atoms with Crippen molar-refractivity contribution >= 4 is 0 Å². The standard InChI is InChI=1S/3C12H17F4N.Ir/c3*13-10-4-2-1-3-9(10)11-6-5-8(7-17-11)12(14,15)16;/h3*3,8-11H,1-2,4-7H2;/q3*-2;. The molecule has 6 fully saturated rings. The molecule has 0 N–H and O–H groups in total. The third-order valence-corrected chi connectivity index (χ3v) is 11.5. The molecule has 3 aliphatic heterocycles. The van der Waals surface area contributed by atoms with E-state index < -0.39 is 54.8 Å². The minimum absolute atomic E-state index is 0. The van der Waals surface area contributed by atoms with Gasteiger partial charge in [0.05, 0.1) is 18.5 Å². The minimum atomic E-state index is -4.15. The molecule has 6 rings (SSSR count). The summed E-state index contributed by atoms with van der Waals surface area (Å²) < 4.78 is 153. The van der Waals surface area contributed by atoms with Gasteiger partial charge in [0.1, 0.15) is 0 Å². The molecule has 12 unspecified atom stereocenters. The van der Waals surface area contributed by atoms with Crippen molar-refractivity contribution in [3.63, 3.8) is 0 Å². The molecule has 3 nitrogen and oxygen atoms in total. The molecule has 0 spiro atoms. The second-order valence-electron chi connectivity index (χ2n) is 15.0. The summed E-state index contributed by atoms with van der Waals surface area (Å²) in [7, 11) is 0. The van der Waals surface area contributed by atoms with Gasteiger partial charge in [-0.1, -0.05) is 38.5 Å². The van der Waals surface area contributed by atoms with Crippen LogP contribution in [0.5, 0.6) is 0 Å². The van der Waals surface area contributed by atoms with Crippen LogP contribution in [0.15, 0.2) is 0 Å². The fraction of sp³-hybridized carbons (Fsp3) is 0.917. The van der Waals surface area contributed by atoms with Crippen LogP contribution >= 0.6 is 0 Å². The normalized spacial score (nSPS) is 39.5. The predicted molar refractivity (Wildman–Crippen MR) is 172 cm³/mol. The summed E-state index contributed by atoms with van der Waals surface area (Å²) in [6, 6.07) is -0.698. The van der Waals surface area contributed by atoms with E-state index in [1.54, 1.807) is 0 Å². The van der Waals surface area contributed by atoms with E-state index in [0.29, 0.717) is 38.5 Å². The fourth-order valence-electron chi connectivity index (χ4n) is 8.28. The molecule has 1 radical (unpaired) electrons. The van der Waals surface area contributed by atoms with Crippen molar-refractivity contribution in [3.8, 4) is 0 Å². The van der Waals surface area contributed by atoms with Gasteiger partial charge in [-0.25, -0.2) is 0 Å². The van der Waals surface area contributed by atoms with E-state index in [2.05, 4.69) is 16.0 Å². The Morgan fingerprint density at radius 3 is 0.808 bits per heavy atom. The summed E-state index contributed by atoms with van der Waals surface area (Å²) in [5.74, 6) is -4.71. The number of rotatable bonds is 3. The van der Waals surface area contributed by atoms with Crippen molar-refractivity contribution < 1.29 is 72.8 Å². The van der Waals surface area contributed by atoms with E-state index in [1.807, 2.05) is 19.3 Å². The van der Waals surface area contributed by atoms with Gasteiger partial charge in [0, 0.05) is 37.9 Å². The summed E-state index contributed by atoms with van der Waals surface area (Å²) in [6.07, 6.45) is -1.41. The van der Waals surface area contributed by atoms with Gasteiger partial charge in [-0.05, 0) is 38.5 Å². The van der Waals surface area contributed by atoms with Gasteiger partial charge in [0.2, 0.25) is 0 Å². The summed E-state index contributed by atoms with van der Waals surface area (Å²) >= 11 is 0. The first-order valence-electron chi connectivity index (χ1n) is 18.6. The van der Waals surface area contributed by atoms with Crippen molar-refractivity contribution in [2.24, 2.45) is 35.5 Å². The molecule has 0 aromatic carbocycles. The first-order valence-corrected chi connectivity index (χ1v) is 18.6. The molecular weight excluding hydrogens is 895 g/mol. The second-order valence-corrected chi connectivity index (χ2v) is 15.0. The average Bonchev–Trinajstić information content (AvgIpc) is 3.09. The molecule has 16 heteroatoms. The quantitative estimate of drug-likeness (QED) is 0.200. The fourth-order valence-corrected chi connectivity index (χ4v) is 8.28. The molecule has 3 saturated carbocycles. The first kappa shape index (κ1) is 46.1. The smallest absolute Gasteiger partial charge is 0.390 e. The van der Waals surface area contributed by atoms with Crippen molar-refractivity contribution in [1.29, 1.82) is 0 Å². The van der Waals surface area contributed by atoms with E-state index >= 15 is 0 Å². The minimum Gasteiger partial charge on any atom is -0.661 e. The van der Waals surface area contributed by atoms with Crippen LogP contribution in [0, 0.1) is 54.8 Å². The Bertz CT molecular complexity index is 867. The molecule has 3 aliphatic carbocycles. The Kier molecular flexibility index (Phi) is 18.4. The number of halogens is 12. The topological polar surface area (TPSA) is 42.3 Å². The molecule has 52 heavy (non-hydrogen) atoms. The Hall–Kier alpha value is -0.311. The van der Waals surface area contributed by atoms with E-state index in [9.17, 15) is 52.7 Å². The summed E-state index contributed by atoms with van der Waals surface area (Å²) in [5, 5.41) is 12.2. The van der Waals surface area contributed by atoms with E-state index in [0.717, 1.165) is 38.5 Å². The number of piperidine rings is 3. The van der Waals surface area contributed by atoms with Crippen molar-refractivity contribution in [2.75, 3.05) is 19.6 Å². The molecular formula is C36H51F12IrN3-6. The third kappa shape index (κ3) is 13.7. The van der Waals surface area contributed by atoms with Crippen LogP contribution in [0.3, 0.4) is 0 Å². The van der Waals surface area contributed by atoms with Crippen molar-refractivity contribution in [2.45, 2.75) is 151 Å². The summed E-state index contributed by atoms with van der Waals surface area (Å²) in [6.45, 7) is -0.568. The van der Waals surface area contributed by atoms with Gasteiger partial charge in [-0.2, -0.15) is 94.7 Å². The molecule has 3 saturated heterocycles. The van der Waals surface area contributed by atoms with Crippen LogP contribution in [0.1, 0.15) is 96.3 Å². The van der Waals surface area contributed by atoms with Crippen LogP contribution in [-0.2, 0) is 20.1 Å². The maximum atomic E-state index is 13.7. The Morgan fingerprint density at radius 2 is 0.635 bits per heavy atom. The molecule has 12 atom stereocenters. The molecule has 0 aromatic rings. The number of hydrogen-bond donors (Lipinski definition) is 0. The van der Waals surface area contributed by atoms with Gasteiger partial charge in [-0.3, -0.25) is 13.2 Å². The van der Waals surface area contributed by atoms with Gasteiger partial charge in [0.25, 0.3) is 0 Å². The molecule has 0 bridgehead atoms. The molecule has 0 amide bonds. The van der Waals surface area contributed by atoms with Crippen molar-refractivity contribution in [1.82, 2.24) is 0 Å². The molecule has 309 valence electrons. The van der Waals surface area contributed by atoms with Crippen molar-refractivity contribution in [3.05, 3.63) is 35.2 Å². The largest absolute Gasteiger partial charge is 0.661 e. The van der Waals surface area contributed by atoms with E-state index in [1.165, 1.54) is 0 Å². The van der Waals surface area contributed by atoms with Crippen LogP contribution in [0.2, 0.25) is 0 Å². The maximum Gasteiger partial charge on any atom is 0.390 e. The number of alkyl halides is 12. The molecule has 3 heterocycles. The van der Waals surface area contributed by atoms with Crippen LogP contribution < -0.4 is 0 Å². The monoisotopic (exact) mass is 946 g/mol. The van der Waals surface area contributed by atoms with Gasteiger partial charge in [0.15, 0.2) is 0 Å². The van der Waals surface area contributed by atoms with E-state index in [-0.39, 0.29) is 94.9 Å². The van der Waals surface area contributed by atoms with Crippen LogP contribution in [0.4, 0.5) is 52.7 Å². The van der Waals surface area contributed by atoms with Gasteiger partial charge in [-0.15, -0.1) is 19.6 Å². The molecule has 0 aromatic heterocycles. The zero-order valence-electron chi connectivity index (χ0n) is 29.1. The number of hydrogen-bond acceptors (Lipinski definition) is 0. The summed E-state index contributed by atoms with van der Waals surface area (Å²) in [4.78, 5) is 0. The number of nitrogens with zero attached hydrogens (tertiary/aromatic N) is 3. The maximum absolute atomic E-state index is 13.7.